The van der Waals surface area contributed by atoms with Gasteiger partial charge in [-0.2, -0.15) is 0 Å². The van der Waals surface area contributed by atoms with Gasteiger partial charge >= 0.3 is 0 Å². The van der Waals surface area contributed by atoms with Crippen molar-refractivity contribution in [2.45, 2.75) is 6.92 Å². The standard InChI is InChI=1S/C4H11NOP2/c1-4(6)3-5-8(2)7/h5H,3,7H2,1-2H3. The van der Waals surface area contributed by atoms with Crippen molar-refractivity contribution in [3.05, 3.63) is 0 Å². The molecule has 0 rings (SSSR count). The predicted molar refractivity (Wildman–Crippen MR) is 41.2 cm³/mol. The Bertz CT molecular complexity index is 84.1. The minimum atomic E-state index is -0.187. The summed E-state index contributed by atoms with van der Waals surface area (Å²) in [5.41, 5.74) is 0. The van der Waals surface area contributed by atoms with E-state index in [1.165, 1.54) is 0 Å². The highest BCUT2D eigenvalue weighted by molar-refractivity contribution is 8.12. The molecule has 1 N–H and O–H groups in total. The quantitative estimate of drug-likeness (QED) is 0.609. The first-order valence-electron chi connectivity index (χ1n) is 2.34. The topological polar surface area (TPSA) is 29.1 Å². The molecule has 0 saturated heterocycles. The molecule has 0 radical (unpaired) electrons. The van der Waals surface area contributed by atoms with Crippen LogP contribution in [0.15, 0.2) is 0 Å². The molecule has 0 aliphatic heterocycles. The predicted octanol–water partition coefficient (Wildman–Crippen LogP) is 0.982. The van der Waals surface area contributed by atoms with Gasteiger partial charge in [-0.15, -0.1) is 0 Å². The molecule has 0 heterocycles. The Morgan fingerprint density at radius 2 is 2.38 bits per heavy atom. The summed E-state index contributed by atoms with van der Waals surface area (Å²) >= 11 is 0. The Morgan fingerprint density at radius 1 is 1.88 bits per heavy atom. The minimum absolute atomic E-state index is 0.187. The Labute approximate surface area is 53.3 Å². The van der Waals surface area contributed by atoms with E-state index in [1.54, 1.807) is 6.92 Å². The number of ketones is 1. The van der Waals surface area contributed by atoms with E-state index in [9.17, 15) is 4.79 Å². The first-order valence-corrected chi connectivity index (χ1v) is 5.75. The number of carbonyl (C=O) groups is 1. The third kappa shape index (κ3) is 6.49. The molecular weight excluding hydrogens is 140 g/mol. The van der Waals surface area contributed by atoms with Crippen LogP contribution < -0.4 is 5.09 Å². The lowest BCUT2D eigenvalue weighted by Gasteiger charge is -2.03. The zero-order chi connectivity index (χ0) is 6.57. The lowest BCUT2D eigenvalue weighted by atomic mass is 10.5. The number of carbonyl (C=O) groups excluding carboxylic acids is 1. The van der Waals surface area contributed by atoms with Crippen LogP contribution in [0, 0.1) is 0 Å². The monoisotopic (exact) mass is 151 g/mol. The van der Waals surface area contributed by atoms with Crippen LogP contribution in [0.5, 0.6) is 0 Å². The third-order valence-electron chi connectivity index (χ3n) is 0.577. The van der Waals surface area contributed by atoms with Gasteiger partial charge in [0.2, 0.25) is 0 Å². The first kappa shape index (κ1) is 8.49. The molecule has 2 nitrogen and oxygen atoms in total. The van der Waals surface area contributed by atoms with Gasteiger partial charge in [-0.25, -0.2) is 0 Å². The highest BCUT2D eigenvalue weighted by Crippen LogP contribution is 2.33. The van der Waals surface area contributed by atoms with Gasteiger partial charge in [0.15, 0.2) is 0 Å². The highest BCUT2D eigenvalue weighted by Gasteiger charge is 1.92. The van der Waals surface area contributed by atoms with Crippen LogP contribution in [0.3, 0.4) is 0 Å². The van der Waals surface area contributed by atoms with Crippen LogP contribution in [-0.2, 0) is 4.79 Å². The van der Waals surface area contributed by atoms with Gasteiger partial charge in [-0.3, -0.25) is 9.88 Å². The van der Waals surface area contributed by atoms with Crippen LogP contribution in [0.2, 0.25) is 0 Å². The van der Waals surface area contributed by atoms with Crippen molar-refractivity contribution in [3.63, 3.8) is 0 Å². The van der Waals surface area contributed by atoms with Crippen LogP contribution in [0.1, 0.15) is 6.92 Å². The van der Waals surface area contributed by atoms with Gasteiger partial charge in [0.05, 0.1) is 6.54 Å². The summed E-state index contributed by atoms with van der Waals surface area (Å²) in [6, 6.07) is 0. The molecule has 4 heteroatoms. The largest absolute Gasteiger partial charge is 0.299 e. The lowest BCUT2D eigenvalue weighted by molar-refractivity contribution is -0.115. The SMILES string of the molecule is CC(=O)CNP(C)P. The second-order valence-corrected chi connectivity index (χ2v) is 5.51. The summed E-state index contributed by atoms with van der Waals surface area (Å²) in [5.74, 6) is 0.196. The van der Waals surface area contributed by atoms with Crippen molar-refractivity contribution in [3.8, 4) is 0 Å². The Hall–Kier alpha value is 0.490. The lowest BCUT2D eigenvalue weighted by Crippen LogP contribution is -2.13. The van der Waals surface area contributed by atoms with Gasteiger partial charge in [0, 0.05) is 0 Å². The van der Waals surface area contributed by atoms with E-state index in [4.69, 9.17) is 0 Å². The molecule has 2 atom stereocenters. The second kappa shape index (κ2) is 4.38. The molecule has 0 bridgehead atoms. The first-order chi connectivity index (χ1) is 3.63. The smallest absolute Gasteiger partial charge is 0.143 e. The van der Waals surface area contributed by atoms with Crippen LogP contribution in [0.4, 0.5) is 0 Å². The zero-order valence-electron chi connectivity index (χ0n) is 5.14. The molecule has 0 aromatic heterocycles. The van der Waals surface area contributed by atoms with E-state index in [1.807, 2.05) is 6.66 Å². The number of hydrogen-bond donors (Lipinski definition) is 1. The van der Waals surface area contributed by atoms with Crippen LogP contribution in [-0.4, -0.2) is 19.0 Å². The normalized spacial score (nSPS) is 13.4. The molecule has 0 aromatic carbocycles. The number of nitrogens with one attached hydrogen (secondary N) is 1. The van der Waals surface area contributed by atoms with E-state index in [0.29, 0.717) is 6.54 Å². The Balaban J connectivity index is 3.05. The highest BCUT2D eigenvalue weighted by atomic mass is 32.0. The van der Waals surface area contributed by atoms with E-state index in [0.717, 1.165) is 0 Å². The average molecular weight is 151 g/mol. The molecule has 48 valence electrons. The molecular formula is C4H11NOP2. The van der Waals surface area contributed by atoms with E-state index < -0.39 is 0 Å². The molecule has 0 aromatic rings. The maximum atomic E-state index is 10.3. The summed E-state index contributed by atoms with van der Waals surface area (Å²) in [6.07, 6.45) is 0. The molecule has 0 aliphatic carbocycles. The van der Waals surface area contributed by atoms with Gasteiger partial charge in [0.1, 0.15) is 5.78 Å². The minimum Gasteiger partial charge on any atom is -0.299 e. The maximum absolute atomic E-state index is 10.3. The zero-order valence-corrected chi connectivity index (χ0v) is 7.19. The number of Topliss-reactive ketones (excluding diaryl/α,β-unsaturated/α-hetero) is 1. The van der Waals surface area contributed by atoms with Gasteiger partial charge in [-0.05, 0) is 21.3 Å². The summed E-state index contributed by atoms with van der Waals surface area (Å²) in [7, 11) is 2.44. The van der Waals surface area contributed by atoms with Gasteiger partial charge in [-0.1, -0.05) is 8.93 Å². The number of hydrogen-bond acceptors (Lipinski definition) is 2. The fraction of sp³-hybridized carbons (Fsp3) is 0.750. The van der Waals surface area contributed by atoms with Crippen molar-refractivity contribution in [1.82, 2.24) is 5.09 Å². The van der Waals surface area contributed by atoms with Gasteiger partial charge in [0.25, 0.3) is 0 Å². The summed E-state index contributed by atoms with van der Waals surface area (Å²) < 4.78 is 0. The molecule has 8 heavy (non-hydrogen) atoms. The molecule has 0 amide bonds. The van der Waals surface area contributed by atoms with E-state index >= 15 is 0 Å². The Morgan fingerprint density at radius 3 is 2.50 bits per heavy atom. The molecule has 0 fully saturated rings. The summed E-state index contributed by atoms with van der Waals surface area (Å²) in [5, 5.41) is 3.02. The van der Waals surface area contributed by atoms with Crippen LogP contribution >= 0.6 is 16.7 Å². The molecule has 2 unspecified atom stereocenters. The van der Waals surface area contributed by atoms with Gasteiger partial charge < -0.3 is 0 Å². The third-order valence-corrected chi connectivity index (χ3v) is 1.78. The molecule has 0 aliphatic rings. The molecule has 0 spiro atoms. The van der Waals surface area contributed by atoms with Crippen molar-refractivity contribution in [2.24, 2.45) is 0 Å². The molecule has 0 saturated carbocycles. The van der Waals surface area contributed by atoms with Crippen molar-refractivity contribution < 1.29 is 4.79 Å². The Kier molecular flexibility index (Phi) is 4.64. The second-order valence-electron chi connectivity index (χ2n) is 1.65. The fourth-order valence-corrected chi connectivity index (χ4v) is 0.982. The van der Waals surface area contributed by atoms with E-state index in [-0.39, 0.29) is 13.5 Å². The fourth-order valence-electron chi connectivity index (χ4n) is 0.236. The number of rotatable bonds is 3. The van der Waals surface area contributed by atoms with Crippen LogP contribution in [0.25, 0.3) is 0 Å². The average Bonchev–Trinajstić information content (AvgIpc) is 1.61. The van der Waals surface area contributed by atoms with Crippen molar-refractivity contribution >= 4 is 22.5 Å². The maximum Gasteiger partial charge on any atom is 0.143 e. The summed E-state index contributed by atoms with van der Waals surface area (Å²) in [6.45, 7) is 4.13. The summed E-state index contributed by atoms with van der Waals surface area (Å²) in [4.78, 5) is 10.3. The van der Waals surface area contributed by atoms with Crippen molar-refractivity contribution in [2.75, 3.05) is 13.2 Å². The van der Waals surface area contributed by atoms with Crippen molar-refractivity contribution in [1.29, 1.82) is 0 Å². The van der Waals surface area contributed by atoms with E-state index in [2.05, 4.69) is 14.0 Å².